The first-order chi connectivity index (χ1) is 12.1. The standard InChI is InChI=1S/C19H16BrN3O2/c1-11-15(10-21)19(23-13-6-4-5-12(20)7-13)14-8-17(24-2)18(25-3)9-16(14)22-11/h4-9H,1-3H3,(H,22,23). The summed E-state index contributed by atoms with van der Waals surface area (Å²) in [5, 5.41) is 13.8. The predicted octanol–water partition coefficient (Wildman–Crippen LogP) is 4.94. The van der Waals surface area contributed by atoms with Crippen LogP contribution in [0.1, 0.15) is 11.3 Å². The zero-order valence-electron chi connectivity index (χ0n) is 14.1. The Kier molecular flexibility index (Phi) is 4.77. The molecule has 0 amide bonds. The number of aromatic nitrogens is 1. The van der Waals surface area contributed by atoms with Crippen molar-refractivity contribution < 1.29 is 9.47 Å². The van der Waals surface area contributed by atoms with E-state index < -0.39 is 0 Å². The molecule has 0 spiro atoms. The van der Waals surface area contributed by atoms with Crippen LogP contribution in [0.15, 0.2) is 40.9 Å². The average molecular weight is 398 g/mol. The maximum atomic E-state index is 9.62. The van der Waals surface area contributed by atoms with Crippen molar-refractivity contribution in [2.75, 3.05) is 19.5 Å². The molecule has 126 valence electrons. The first kappa shape index (κ1) is 17.1. The molecule has 3 rings (SSSR count). The van der Waals surface area contributed by atoms with Crippen LogP contribution in [0.25, 0.3) is 10.9 Å². The molecular formula is C19H16BrN3O2. The number of ether oxygens (including phenoxy) is 2. The maximum absolute atomic E-state index is 9.62. The van der Waals surface area contributed by atoms with Gasteiger partial charge in [-0.15, -0.1) is 0 Å². The molecule has 5 nitrogen and oxygen atoms in total. The fourth-order valence-electron chi connectivity index (χ4n) is 2.69. The number of halogens is 1. The van der Waals surface area contributed by atoms with Crippen molar-refractivity contribution in [1.82, 2.24) is 4.98 Å². The molecule has 1 heterocycles. The van der Waals surface area contributed by atoms with Crippen LogP contribution in [0.5, 0.6) is 11.5 Å². The third-order valence-electron chi connectivity index (χ3n) is 3.88. The number of methoxy groups -OCH3 is 2. The summed E-state index contributed by atoms with van der Waals surface area (Å²) in [5.41, 5.74) is 3.45. The van der Waals surface area contributed by atoms with E-state index in [9.17, 15) is 5.26 Å². The van der Waals surface area contributed by atoms with E-state index in [4.69, 9.17) is 9.47 Å². The normalized spacial score (nSPS) is 10.4. The smallest absolute Gasteiger partial charge is 0.162 e. The molecule has 0 fully saturated rings. The quantitative estimate of drug-likeness (QED) is 0.675. The Labute approximate surface area is 154 Å². The Balaban J connectivity index is 2.28. The number of nitrogens with one attached hydrogen (secondary N) is 1. The van der Waals surface area contributed by atoms with Crippen LogP contribution in [0, 0.1) is 18.3 Å². The zero-order valence-corrected chi connectivity index (χ0v) is 15.6. The number of anilines is 2. The molecule has 0 aliphatic heterocycles. The van der Waals surface area contributed by atoms with Gasteiger partial charge in [0.1, 0.15) is 6.07 Å². The Bertz CT molecular complexity index is 996. The van der Waals surface area contributed by atoms with Crippen LogP contribution < -0.4 is 14.8 Å². The van der Waals surface area contributed by atoms with Crippen LogP contribution in [-0.4, -0.2) is 19.2 Å². The summed E-state index contributed by atoms with van der Waals surface area (Å²) in [6.07, 6.45) is 0. The second-order valence-electron chi connectivity index (χ2n) is 5.42. The van der Waals surface area contributed by atoms with Gasteiger partial charge in [-0.3, -0.25) is 4.98 Å². The molecule has 0 radical (unpaired) electrons. The van der Waals surface area contributed by atoms with Crippen LogP contribution in [0.4, 0.5) is 11.4 Å². The third-order valence-corrected chi connectivity index (χ3v) is 4.37. The van der Waals surface area contributed by atoms with Gasteiger partial charge >= 0.3 is 0 Å². The molecule has 0 atom stereocenters. The molecule has 0 bridgehead atoms. The van der Waals surface area contributed by atoms with E-state index in [1.54, 1.807) is 14.2 Å². The largest absolute Gasteiger partial charge is 0.493 e. The third kappa shape index (κ3) is 3.24. The van der Waals surface area contributed by atoms with Crippen LogP contribution in [0.3, 0.4) is 0 Å². The van der Waals surface area contributed by atoms with Crippen LogP contribution in [0.2, 0.25) is 0 Å². The molecule has 25 heavy (non-hydrogen) atoms. The second kappa shape index (κ2) is 6.99. The van der Waals surface area contributed by atoms with Crippen LogP contribution >= 0.6 is 15.9 Å². The minimum absolute atomic E-state index is 0.500. The number of benzene rings is 2. The number of nitriles is 1. The number of pyridine rings is 1. The fraction of sp³-hybridized carbons (Fsp3) is 0.158. The topological polar surface area (TPSA) is 67.2 Å². The minimum atomic E-state index is 0.500. The number of fused-ring (bicyclic) bond motifs is 1. The summed E-state index contributed by atoms with van der Waals surface area (Å²) < 4.78 is 11.7. The van der Waals surface area contributed by atoms with Gasteiger partial charge in [0.2, 0.25) is 0 Å². The summed E-state index contributed by atoms with van der Waals surface area (Å²) in [5.74, 6) is 1.18. The van der Waals surface area contributed by atoms with E-state index in [0.29, 0.717) is 28.4 Å². The Hall–Kier alpha value is -2.78. The molecule has 0 saturated heterocycles. The van der Waals surface area contributed by atoms with Crippen molar-refractivity contribution >= 4 is 38.2 Å². The molecule has 0 aliphatic carbocycles. The van der Waals surface area contributed by atoms with E-state index in [2.05, 4.69) is 32.3 Å². The van der Waals surface area contributed by atoms with E-state index in [1.807, 2.05) is 43.3 Å². The Morgan fingerprint density at radius 1 is 1.12 bits per heavy atom. The molecule has 2 aromatic carbocycles. The van der Waals surface area contributed by atoms with E-state index in [-0.39, 0.29) is 0 Å². The van der Waals surface area contributed by atoms with Crippen molar-refractivity contribution in [1.29, 1.82) is 5.26 Å². The maximum Gasteiger partial charge on any atom is 0.162 e. The lowest BCUT2D eigenvalue weighted by atomic mass is 10.1. The number of nitrogens with zero attached hydrogens (tertiary/aromatic N) is 2. The van der Waals surface area contributed by atoms with Crippen molar-refractivity contribution in [3.63, 3.8) is 0 Å². The van der Waals surface area contributed by atoms with E-state index >= 15 is 0 Å². The highest BCUT2D eigenvalue weighted by Crippen LogP contribution is 2.38. The molecule has 6 heteroatoms. The fourth-order valence-corrected chi connectivity index (χ4v) is 3.09. The lowest BCUT2D eigenvalue weighted by molar-refractivity contribution is 0.356. The highest BCUT2D eigenvalue weighted by Gasteiger charge is 2.16. The minimum Gasteiger partial charge on any atom is -0.493 e. The van der Waals surface area contributed by atoms with E-state index in [0.717, 1.165) is 21.1 Å². The highest BCUT2D eigenvalue weighted by atomic mass is 79.9. The first-order valence-corrected chi connectivity index (χ1v) is 8.35. The Morgan fingerprint density at radius 3 is 2.48 bits per heavy atom. The van der Waals surface area contributed by atoms with Gasteiger partial charge < -0.3 is 14.8 Å². The lowest BCUT2D eigenvalue weighted by Crippen LogP contribution is -2.01. The molecule has 0 unspecified atom stereocenters. The summed E-state index contributed by atoms with van der Waals surface area (Å²) >= 11 is 3.46. The average Bonchev–Trinajstić information content (AvgIpc) is 2.60. The van der Waals surface area contributed by atoms with Crippen molar-refractivity contribution in [3.05, 3.63) is 52.1 Å². The SMILES string of the molecule is COc1cc2nc(C)c(C#N)c(Nc3cccc(Br)c3)c2cc1OC. The molecule has 1 aromatic heterocycles. The predicted molar refractivity (Wildman–Crippen MR) is 102 cm³/mol. The van der Waals surface area contributed by atoms with Gasteiger partial charge in [0.15, 0.2) is 11.5 Å². The number of hydrogen-bond acceptors (Lipinski definition) is 5. The van der Waals surface area contributed by atoms with Crippen molar-refractivity contribution in [2.45, 2.75) is 6.92 Å². The number of aryl methyl sites for hydroxylation is 1. The van der Waals surface area contributed by atoms with Crippen molar-refractivity contribution in [2.24, 2.45) is 0 Å². The summed E-state index contributed by atoms with van der Waals surface area (Å²) in [6, 6.07) is 13.7. The monoisotopic (exact) mass is 397 g/mol. The highest BCUT2D eigenvalue weighted by molar-refractivity contribution is 9.10. The molecule has 0 aliphatic rings. The summed E-state index contributed by atoms with van der Waals surface area (Å²) in [4.78, 5) is 4.54. The van der Waals surface area contributed by atoms with Gasteiger partial charge in [-0.2, -0.15) is 5.26 Å². The van der Waals surface area contributed by atoms with Gasteiger partial charge in [0.25, 0.3) is 0 Å². The van der Waals surface area contributed by atoms with Gasteiger partial charge in [-0.25, -0.2) is 0 Å². The van der Waals surface area contributed by atoms with Gasteiger partial charge in [-0.1, -0.05) is 22.0 Å². The Morgan fingerprint density at radius 2 is 1.84 bits per heavy atom. The summed E-state index contributed by atoms with van der Waals surface area (Å²) in [6.45, 7) is 1.82. The van der Waals surface area contributed by atoms with Gasteiger partial charge in [0, 0.05) is 21.6 Å². The second-order valence-corrected chi connectivity index (χ2v) is 6.33. The molecular weight excluding hydrogens is 382 g/mol. The van der Waals surface area contributed by atoms with Crippen LogP contribution in [-0.2, 0) is 0 Å². The first-order valence-electron chi connectivity index (χ1n) is 7.56. The van der Waals surface area contributed by atoms with Gasteiger partial charge in [0.05, 0.1) is 36.7 Å². The molecule has 0 saturated carbocycles. The van der Waals surface area contributed by atoms with E-state index in [1.165, 1.54) is 0 Å². The summed E-state index contributed by atoms with van der Waals surface area (Å²) in [7, 11) is 3.17. The number of hydrogen-bond donors (Lipinski definition) is 1. The molecule has 1 N–H and O–H groups in total. The zero-order chi connectivity index (χ0) is 18.0. The molecule has 3 aromatic rings. The number of rotatable bonds is 4. The lowest BCUT2D eigenvalue weighted by Gasteiger charge is -2.16. The van der Waals surface area contributed by atoms with Gasteiger partial charge in [-0.05, 0) is 31.2 Å². The van der Waals surface area contributed by atoms with Crippen molar-refractivity contribution in [3.8, 4) is 17.6 Å².